The molecule has 0 aliphatic heterocycles. The predicted molar refractivity (Wildman–Crippen MR) is 88.5 cm³/mol. The zero-order valence-electron chi connectivity index (χ0n) is 12.0. The molecule has 0 N–H and O–H groups in total. The summed E-state index contributed by atoms with van der Waals surface area (Å²) in [6.07, 6.45) is 4.45. The van der Waals surface area contributed by atoms with E-state index in [4.69, 9.17) is 0 Å². The third-order valence-electron chi connectivity index (χ3n) is 2.60. The summed E-state index contributed by atoms with van der Waals surface area (Å²) >= 11 is 2.21. The van der Waals surface area contributed by atoms with Crippen LogP contribution in [-0.2, 0) is 0 Å². The Morgan fingerprint density at radius 1 is 1.22 bits per heavy atom. The van der Waals surface area contributed by atoms with Gasteiger partial charge in [0.05, 0.1) is 0 Å². The van der Waals surface area contributed by atoms with Gasteiger partial charge in [-0.1, -0.05) is 56.9 Å². The molecule has 1 atom stereocenters. The third-order valence-corrected chi connectivity index (χ3v) is 7.33. The van der Waals surface area contributed by atoms with Gasteiger partial charge in [-0.3, -0.25) is 4.99 Å². The van der Waals surface area contributed by atoms with Crippen LogP contribution < -0.4 is 0 Å². The summed E-state index contributed by atoms with van der Waals surface area (Å²) in [6, 6.07) is 10.3. The molecule has 1 rings (SSSR count). The highest BCUT2D eigenvalue weighted by molar-refractivity contribution is 8.29. The predicted octanol–water partition coefficient (Wildman–Crippen LogP) is 4.84. The quantitative estimate of drug-likeness (QED) is 0.514. The minimum Gasteiger partial charge on any atom is -0.293 e. The second-order valence-corrected chi connectivity index (χ2v) is 15.0. The number of hydrogen-bond donors (Lipinski definition) is 0. The van der Waals surface area contributed by atoms with E-state index in [0.717, 1.165) is 11.8 Å². The topological polar surface area (TPSA) is 12.4 Å². The van der Waals surface area contributed by atoms with Gasteiger partial charge in [-0.05, 0) is 18.4 Å². The smallest absolute Gasteiger partial charge is 0.108 e. The molecule has 0 amide bonds. The number of benzene rings is 1. The van der Waals surface area contributed by atoms with Gasteiger partial charge < -0.3 is 0 Å². The van der Waals surface area contributed by atoms with Crippen molar-refractivity contribution in [2.75, 3.05) is 6.54 Å². The van der Waals surface area contributed by atoms with Crippen molar-refractivity contribution in [3.63, 3.8) is 0 Å². The van der Waals surface area contributed by atoms with Crippen LogP contribution in [-0.4, -0.2) is 25.2 Å². The lowest BCUT2D eigenvalue weighted by atomic mass is 10.2. The summed E-state index contributed by atoms with van der Waals surface area (Å²) in [4.78, 5) is 4.54. The van der Waals surface area contributed by atoms with Crippen LogP contribution in [0.25, 0.3) is 0 Å². The van der Waals surface area contributed by atoms with E-state index in [1.807, 2.05) is 12.3 Å². The molecule has 1 aromatic rings. The Kier molecular flexibility index (Phi) is 6.72. The Morgan fingerprint density at radius 2 is 1.89 bits per heavy atom. The van der Waals surface area contributed by atoms with Gasteiger partial charge in [0, 0.05) is 18.0 Å². The standard InChI is InChI=1S/C15H25NSSi/c1-5-15(17-18(2,3)4)11-12-16-13-14-9-7-6-8-10-14/h6-10,13,15H,5,11-12H2,1-4H3/b16-13+. The number of rotatable bonds is 7. The Morgan fingerprint density at radius 3 is 2.44 bits per heavy atom. The lowest BCUT2D eigenvalue weighted by molar-refractivity contribution is 0.750. The summed E-state index contributed by atoms with van der Waals surface area (Å²) in [7, 11) is -1.00. The lowest BCUT2D eigenvalue weighted by Crippen LogP contribution is -2.20. The molecule has 1 nitrogen and oxygen atoms in total. The largest absolute Gasteiger partial charge is 0.293 e. The molecule has 1 aromatic carbocycles. The molecular weight excluding hydrogens is 254 g/mol. The van der Waals surface area contributed by atoms with E-state index in [0.29, 0.717) is 0 Å². The molecule has 0 spiro atoms. The first-order chi connectivity index (χ1) is 8.51. The Hall–Kier alpha value is -0.543. The van der Waals surface area contributed by atoms with Crippen molar-refractivity contribution in [2.24, 2.45) is 4.99 Å². The molecule has 0 fully saturated rings. The molecule has 0 heterocycles. The average Bonchev–Trinajstić information content (AvgIpc) is 2.33. The Balaban J connectivity index is 2.34. The number of hydrogen-bond acceptors (Lipinski definition) is 2. The van der Waals surface area contributed by atoms with Crippen molar-refractivity contribution in [2.45, 2.75) is 44.7 Å². The number of aliphatic imine (C=N–C) groups is 1. The molecular formula is C15H25NSSi. The third kappa shape index (κ3) is 7.02. The highest BCUT2D eigenvalue weighted by Crippen LogP contribution is 2.28. The minimum atomic E-state index is -1.00. The summed E-state index contributed by atoms with van der Waals surface area (Å²) < 4.78 is 0. The molecule has 0 radical (unpaired) electrons. The van der Waals surface area contributed by atoms with Crippen LogP contribution in [0.1, 0.15) is 25.3 Å². The molecule has 0 aromatic heterocycles. The molecule has 0 aliphatic carbocycles. The summed E-state index contributed by atoms with van der Waals surface area (Å²) in [5.74, 6) is 0. The van der Waals surface area contributed by atoms with E-state index in [1.54, 1.807) is 0 Å². The normalized spacial score (nSPS) is 14.0. The van der Waals surface area contributed by atoms with Crippen molar-refractivity contribution >= 4 is 24.6 Å². The van der Waals surface area contributed by atoms with Gasteiger partial charge in [-0.25, -0.2) is 0 Å². The number of nitrogens with zero attached hydrogens (tertiary/aromatic N) is 1. The van der Waals surface area contributed by atoms with Gasteiger partial charge in [0.1, 0.15) is 7.22 Å². The zero-order valence-corrected chi connectivity index (χ0v) is 13.8. The van der Waals surface area contributed by atoms with Gasteiger partial charge in [0.25, 0.3) is 0 Å². The fraction of sp³-hybridized carbons (Fsp3) is 0.533. The van der Waals surface area contributed by atoms with E-state index in [-0.39, 0.29) is 0 Å². The highest BCUT2D eigenvalue weighted by atomic mass is 32.4. The second kappa shape index (κ2) is 7.80. The van der Waals surface area contributed by atoms with Gasteiger partial charge in [-0.2, -0.15) is 11.2 Å². The summed E-state index contributed by atoms with van der Waals surface area (Å²) in [5.41, 5.74) is 1.20. The van der Waals surface area contributed by atoms with Crippen LogP contribution in [0.5, 0.6) is 0 Å². The molecule has 3 heteroatoms. The fourth-order valence-corrected chi connectivity index (χ4v) is 7.02. The molecule has 100 valence electrons. The highest BCUT2D eigenvalue weighted by Gasteiger charge is 2.19. The van der Waals surface area contributed by atoms with Gasteiger partial charge in [-0.15, -0.1) is 0 Å². The first kappa shape index (κ1) is 15.5. The van der Waals surface area contributed by atoms with Gasteiger partial charge >= 0.3 is 0 Å². The molecule has 0 bridgehead atoms. The van der Waals surface area contributed by atoms with Crippen LogP contribution in [0.3, 0.4) is 0 Å². The van der Waals surface area contributed by atoms with Crippen molar-refractivity contribution in [1.82, 2.24) is 0 Å². The molecule has 0 aliphatic rings. The van der Waals surface area contributed by atoms with E-state index >= 15 is 0 Å². The van der Waals surface area contributed by atoms with Crippen LogP contribution in [0.4, 0.5) is 0 Å². The average molecular weight is 280 g/mol. The van der Waals surface area contributed by atoms with E-state index in [9.17, 15) is 0 Å². The van der Waals surface area contributed by atoms with Crippen LogP contribution >= 0.6 is 11.2 Å². The van der Waals surface area contributed by atoms with Gasteiger partial charge in [0.2, 0.25) is 0 Å². The fourth-order valence-electron chi connectivity index (χ4n) is 1.77. The summed E-state index contributed by atoms with van der Waals surface area (Å²) in [6.45, 7) is 10.5. The lowest BCUT2D eigenvalue weighted by Gasteiger charge is -2.22. The molecule has 1 unspecified atom stereocenters. The van der Waals surface area contributed by atoms with Crippen molar-refractivity contribution in [1.29, 1.82) is 0 Å². The van der Waals surface area contributed by atoms with Crippen LogP contribution in [0.15, 0.2) is 35.3 Å². The Bertz CT molecular complexity index is 357. The van der Waals surface area contributed by atoms with Crippen LogP contribution in [0.2, 0.25) is 19.6 Å². The van der Waals surface area contributed by atoms with Crippen molar-refractivity contribution < 1.29 is 0 Å². The SMILES string of the molecule is CCC(CC/N=C/c1ccccc1)S[Si](C)(C)C. The Labute approximate surface area is 117 Å². The maximum atomic E-state index is 4.54. The minimum absolute atomic E-state index is 0.782. The molecule has 0 saturated carbocycles. The van der Waals surface area contributed by atoms with E-state index in [1.165, 1.54) is 18.4 Å². The van der Waals surface area contributed by atoms with Crippen LogP contribution in [0, 0.1) is 0 Å². The van der Waals surface area contributed by atoms with Gasteiger partial charge in [0.15, 0.2) is 0 Å². The monoisotopic (exact) mass is 279 g/mol. The second-order valence-electron chi connectivity index (χ2n) is 5.50. The van der Waals surface area contributed by atoms with E-state index < -0.39 is 7.22 Å². The summed E-state index contributed by atoms with van der Waals surface area (Å²) in [5, 5.41) is 0.782. The maximum Gasteiger partial charge on any atom is 0.108 e. The van der Waals surface area contributed by atoms with Crippen molar-refractivity contribution in [3.05, 3.63) is 35.9 Å². The molecule has 0 saturated heterocycles. The first-order valence-electron chi connectivity index (χ1n) is 6.74. The van der Waals surface area contributed by atoms with E-state index in [2.05, 4.69) is 67.0 Å². The zero-order chi connectivity index (χ0) is 13.4. The first-order valence-corrected chi connectivity index (χ1v) is 11.8. The molecule has 18 heavy (non-hydrogen) atoms. The maximum absolute atomic E-state index is 4.54. The van der Waals surface area contributed by atoms with Crippen molar-refractivity contribution in [3.8, 4) is 0 Å².